The average molecular weight is 347 g/mol. The first-order chi connectivity index (χ1) is 12.5. The van der Waals surface area contributed by atoms with E-state index in [0.717, 1.165) is 18.5 Å². The number of carboxylic acids is 1. The topological polar surface area (TPSA) is 42.2 Å². The number of carboxylic acid groups (broad SMARTS) is 1. The van der Waals surface area contributed by atoms with Crippen LogP contribution in [0.5, 0.6) is 0 Å². The molecule has 2 aliphatic carbocycles. The Labute approximate surface area is 154 Å². The van der Waals surface area contributed by atoms with E-state index < -0.39 is 5.97 Å². The van der Waals surface area contributed by atoms with E-state index in [1.54, 1.807) is 12.1 Å². The van der Waals surface area contributed by atoms with Crippen LogP contribution in [0.25, 0.3) is 5.69 Å². The Morgan fingerprint density at radius 1 is 1.27 bits per heavy atom. The quantitative estimate of drug-likeness (QED) is 0.809. The summed E-state index contributed by atoms with van der Waals surface area (Å²) in [6.45, 7) is 4.58. The second kappa shape index (κ2) is 6.31. The van der Waals surface area contributed by atoms with Gasteiger partial charge in [0.25, 0.3) is 0 Å². The van der Waals surface area contributed by atoms with Crippen molar-refractivity contribution in [3.63, 3.8) is 0 Å². The molecule has 0 fully saturated rings. The molecule has 0 bridgehead atoms. The zero-order valence-electron chi connectivity index (χ0n) is 15.4. The molecule has 134 valence electrons. The summed E-state index contributed by atoms with van der Waals surface area (Å²) in [5.41, 5.74) is 5.26. The molecular formula is C23H25NO2. The zero-order chi connectivity index (χ0) is 18.3. The third-order valence-electron chi connectivity index (χ3n) is 5.91. The summed E-state index contributed by atoms with van der Waals surface area (Å²) in [6.07, 6.45) is 13.1. The Morgan fingerprint density at radius 2 is 2.12 bits per heavy atom. The summed E-state index contributed by atoms with van der Waals surface area (Å²) in [5.74, 6) is -0.331. The van der Waals surface area contributed by atoms with Crippen molar-refractivity contribution in [3.05, 3.63) is 77.2 Å². The van der Waals surface area contributed by atoms with E-state index in [2.05, 4.69) is 48.8 Å². The van der Waals surface area contributed by atoms with Gasteiger partial charge < -0.3 is 9.67 Å². The fraction of sp³-hybridized carbons (Fsp3) is 0.348. The molecule has 1 N–H and O–H groups in total. The first kappa shape index (κ1) is 16.9. The van der Waals surface area contributed by atoms with Gasteiger partial charge >= 0.3 is 5.97 Å². The van der Waals surface area contributed by atoms with Crippen LogP contribution >= 0.6 is 0 Å². The number of hydrogen-bond donors (Lipinski definition) is 1. The number of rotatable bonds is 3. The molecular weight excluding hydrogens is 322 g/mol. The maximum absolute atomic E-state index is 11.5. The van der Waals surface area contributed by atoms with Crippen LogP contribution < -0.4 is 0 Å². The van der Waals surface area contributed by atoms with E-state index >= 15 is 0 Å². The Hall–Kier alpha value is -2.55. The molecule has 3 nitrogen and oxygen atoms in total. The molecule has 0 spiro atoms. The van der Waals surface area contributed by atoms with Crippen molar-refractivity contribution in [2.75, 3.05) is 0 Å². The molecule has 2 aliphatic rings. The number of fused-ring (bicyclic) bond motifs is 1. The number of benzene rings is 1. The van der Waals surface area contributed by atoms with Crippen LogP contribution in [0.3, 0.4) is 0 Å². The molecule has 1 heterocycles. The van der Waals surface area contributed by atoms with E-state index in [-0.39, 0.29) is 5.41 Å². The van der Waals surface area contributed by atoms with E-state index in [1.165, 1.54) is 29.8 Å². The minimum Gasteiger partial charge on any atom is -0.478 e. The van der Waals surface area contributed by atoms with E-state index in [1.807, 2.05) is 12.1 Å². The van der Waals surface area contributed by atoms with Gasteiger partial charge in [0.1, 0.15) is 0 Å². The summed E-state index contributed by atoms with van der Waals surface area (Å²) in [7, 11) is 0. The fourth-order valence-electron chi connectivity index (χ4n) is 4.39. The van der Waals surface area contributed by atoms with Gasteiger partial charge in [-0.25, -0.2) is 4.79 Å². The number of allylic oxidation sites excluding steroid dienone is 4. The standard InChI is InChI=1S/C23H25NO2/c1-16-8-6-11-20-19(16)15-21(23(2)12-4-3-5-13-23)24(20)18-10-7-9-17(14-18)22(25)26/h3-5,7,9-10,12,14-16H,6,8,11,13H2,1-2H3,(H,25,26). The Bertz CT molecular complexity index is 918. The fourth-order valence-corrected chi connectivity index (χ4v) is 4.39. The maximum atomic E-state index is 11.5. The number of carbonyl (C=O) groups is 1. The Morgan fingerprint density at radius 3 is 2.85 bits per heavy atom. The molecule has 26 heavy (non-hydrogen) atoms. The third-order valence-corrected chi connectivity index (χ3v) is 5.91. The van der Waals surface area contributed by atoms with E-state index in [9.17, 15) is 9.90 Å². The number of hydrogen-bond acceptors (Lipinski definition) is 1. The molecule has 4 rings (SSSR count). The minimum atomic E-state index is -0.880. The zero-order valence-corrected chi connectivity index (χ0v) is 15.4. The molecule has 3 heteroatoms. The highest BCUT2D eigenvalue weighted by Gasteiger charge is 2.32. The second-order valence-corrected chi connectivity index (χ2v) is 7.82. The summed E-state index contributed by atoms with van der Waals surface area (Å²) >= 11 is 0. The summed E-state index contributed by atoms with van der Waals surface area (Å²) in [5, 5.41) is 9.43. The van der Waals surface area contributed by atoms with Gasteiger partial charge in [0, 0.05) is 22.5 Å². The molecule has 0 aliphatic heterocycles. The lowest BCUT2D eigenvalue weighted by molar-refractivity contribution is 0.0697. The van der Waals surface area contributed by atoms with Crippen LogP contribution in [0.1, 0.15) is 66.3 Å². The lowest BCUT2D eigenvalue weighted by Gasteiger charge is -2.29. The summed E-state index contributed by atoms with van der Waals surface area (Å²) in [6, 6.07) is 9.71. The molecule has 2 atom stereocenters. The second-order valence-electron chi connectivity index (χ2n) is 7.82. The Kier molecular flexibility index (Phi) is 4.10. The van der Waals surface area contributed by atoms with Gasteiger partial charge in [-0.3, -0.25) is 0 Å². The lowest BCUT2D eigenvalue weighted by atomic mass is 9.80. The molecule has 2 unspecified atom stereocenters. The first-order valence-corrected chi connectivity index (χ1v) is 9.43. The normalized spacial score (nSPS) is 24.5. The molecule has 2 aromatic rings. The molecule has 1 aromatic heterocycles. The lowest BCUT2D eigenvalue weighted by Crippen LogP contribution is -2.24. The van der Waals surface area contributed by atoms with Crippen molar-refractivity contribution in [2.45, 2.75) is 50.9 Å². The van der Waals surface area contributed by atoms with Gasteiger partial charge in [-0.05, 0) is 61.4 Å². The van der Waals surface area contributed by atoms with Crippen molar-refractivity contribution in [1.29, 1.82) is 0 Å². The molecule has 0 saturated carbocycles. The highest BCUT2D eigenvalue weighted by atomic mass is 16.4. The van der Waals surface area contributed by atoms with Gasteiger partial charge in [0.15, 0.2) is 0 Å². The van der Waals surface area contributed by atoms with Gasteiger partial charge in [-0.1, -0.05) is 44.2 Å². The predicted octanol–water partition coefficient (Wildman–Crippen LogP) is 5.39. The van der Waals surface area contributed by atoms with Crippen LogP contribution in [-0.2, 0) is 11.8 Å². The smallest absolute Gasteiger partial charge is 0.335 e. The van der Waals surface area contributed by atoms with Gasteiger partial charge in [-0.2, -0.15) is 0 Å². The van der Waals surface area contributed by atoms with Crippen LogP contribution in [0, 0.1) is 0 Å². The monoisotopic (exact) mass is 347 g/mol. The molecule has 1 aromatic carbocycles. The number of nitrogens with zero attached hydrogens (tertiary/aromatic N) is 1. The van der Waals surface area contributed by atoms with Crippen LogP contribution in [0.15, 0.2) is 54.6 Å². The highest BCUT2D eigenvalue weighted by Crippen LogP contribution is 2.41. The van der Waals surface area contributed by atoms with Gasteiger partial charge in [-0.15, -0.1) is 0 Å². The van der Waals surface area contributed by atoms with Crippen LogP contribution in [0.2, 0.25) is 0 Å². The van der Waals surface area contributed by atoms with Crippen molar-refractivity contribution >= 4 is 5.97 Å². The Balaban J connectivity index is 1.95. The molecule has 0 amide bonds. The van der Waals surface area contributed by atoms with Crippen molar-refractivity contribution in [2.24, 2.45) is 0 Å². The van der Waals surface area contributed by atoms with Crippen molar-refractivity contribution < 1.29 is 9.90 Å². The average Bonchev–Trinajstić information content (AvgIpc) is 3.04. The first-order valence-electron chi connectivity index (χ1n) is 9.43. The predicted molar refractivity (Wildman–Crippen MR) is 104 cm³/mol. The SMILES string of the molecule is CC1CCCc2c1cc(C1(C)C=CC=CC1)n2-c1cccc(C(=O)O)c1. The number of aromatic nitrogens is 1. The minimum absolute atomic E-state index is 0.0783. The van der Waals surface area contributed by atoms with Gasteiger partial charge in [0.2, 0.25) is 0 Å². The summed E-state index contributed by atoms with van der Waals surface area (Å²) < 4.78 is 2.33. The highest BCUT2D eigenvalue weighted by molar-refractivity contribution is 5.88. The van der Waals surface area contributed by atoms with Crippen LogP contribution in [-0.4, -0.2) is 15.6 Å². The number of aromatic carboxylic acids is 1. The van der Waals surface area contributed by atoms with Crippen LogP contribution in [0.4, 0.5) is 0 Å². The van der Waals surface area contributed by atoms with Crippen molar-refractivity contribution in [1.82, 2.24) is 4.57 Å². The van der Waals surface area contributed by atoms with E-state index in [4.69, 9.17) is 0 Å². The van der Waals surface area contributed by atoms with Crippen molar-refractivity contribution in [3.8, 4) is 5.69 Å². The summed E-state index contributed by atoms with van der Waals surface area (Å²) in [4.78, 5) is 11.5. The largest absolute Gasteiger partial charge is 0.478 e. The maximum Gasteiger partial charge on any atom is 0.335 e. The molecule has 0 saturated heterocycles. The van der Waals surface area contributed by atoms with E-state index in [0.29, 0.717) is 11.5 Å². The third kappa shape index (κ3) is 2.72. The van der Waals surface area contributed by atoms with Gasteiger partial charge in [0.05, 0.1) is 5.56 Å². The molecule has 0 radical (unpaired) electrons.